The molecule has 184 valence electrons. The fourth-order valence-electron chi connectivity index (χ4n) is 3.80. The fourth-order valence-corrected chi connectivity index (χ4v) is 4.05. The zero-order valence-electron chi connectivity index (χ0n) is 18.3. The largest absolute Gasteiger partial charge is 0.416 e. The van der Waals surface area contributed by atoms with E-state index in [4.69, 9.17) is 23.2 Å². The molecule has 0 unspecified atom stereocenters. The molecule has 0 amide bonds. The average Bonchev–Trinajstić information content (AvgIpc) is 2.83. The molecule has 0 atom stereocenters. The minimum atomic E-state index is -4.52. The van der Waals surface area contributed by atoms with Crippen LogP contribution in [-0.4, -0.2) is 0 Å². The van der Waals surface area contributed by atoms with Gasteiger partial charge < -0.3 is 0 Å². The summed E-state index contributed by atoms with van der Waals surface area (Å²) >= 11 is 12.1. The molecule has 4 aromatic rings. The minimum Gasteiger partial charge on any atom is -0.166 e. The number of hydrogen-bond acceptors (Lipinski definition) is 0. The van der Waals surface area contributed by atoms with Crippen LogP contribution in [0.4, 0.5) is 26.3 Å². The van der Waals surface area contributed by atoms with Crippen molar-refractivity contribution in [3.05, 3.63) is 140 Å². The molecule has 4 rings (SSSR count). The summed E-state index contributed by atoms with van der Waals surface area (Å²) in [4.78, 5) is 0. The molecule has 0 bridgehead atoms. The van der Waals surface area contributed by atoms with Crippen LogP contribution in [0.15, 0.2) is 97.1 Å². The smallest absolute Gasteiger partial charge is 0.166 e. The van der Waals surface area contributed by atoms with Gasteiger partial charge in [-0.3, -0.25) is 0 Å². The topological polar surface area (TPSA) is 0 Å². The second kappa shape index (κ2) is 10.0. The van der Waals surface area contributed by atoms with E-state index in [1.807, 2.05) is 0 Å². The molecule has 4 aromatic carbocycles. The molecule has 0 aliphatic rings. The maximum Gasteiger partial charge on any atom is 0.416 e. The fraction of sp³-hybridized carbons (Fsp3) is 0.0714. The van der Waals surface area contributed by atoms with Crippen molar-refractivity contribution in [3.8, 4) is 0 Å². The van der Waals surface area contributed by atoms with Gasteiger partial charge in [0.1, 0.15) is 0 Å². The first-order valence-electron chi connectivity index (χ1n) is 10.5. The summed E-state index contributed by atoms with van der Waals surface area (Å²) in [7, 11) is 0. The lowest BCUT2D eigenvalue weighted by molar-refractivity contribution is -0.138. The van der Waals surface area contributed by atoms with Crippen LogP contribution in [0.3, 0.4) is 0 Å². The van der Waals surface area contributed by atoms with Crippen LogP contribution in [0.1, 0.15) is 33.4 Å². The van der Waals surface area contributed by atoms with Crippen molar-refractivity contribution in [1.82, 2.24) is 0 Å². The van der Waals surface area contributed by atoms with Gasteiger partial charge in [-0.25, -0.2) is 0 Å². The van der Waals surface area contributed by atoms with Crippen molar-refractivity contribution in [3.63, 3.8) is 0 Å². The third-order valence-electron chi connectivity index (χ3n) is 5.52. The Morgan fingerprint density at radius 1 is 0.389 bits per heavy atom. The van der Waals surface area contributed by atoms with Crippen LogP contribution in [0.5, 0.6) is 0 Å². The molecular formula is C28H16Cl2F6. The molecule has 0 spiro atoms. The molecule has 0 N–H and O–H groups in total. The van der Waals surface area contributed by atoms with Gasteiger partial charge in [-0.05, 0) is 81.9 Å². The summed E-state index contributed by atoms with van der Waals surface area (Å²) < 4.78 is 79.3. The van der Waals surface area contributed by atoms with E-state index in [1.54, 1.807) is 48.5 Å². The third-order valence-corrected chi connectivity index (χ3v) is 6.02. The molecule has 0 aliphatic carbocycles. The van der Waals surface area contributed by atoms with Gasteiger partial charge in [0.15, 0.2) is 0 Å². The highest BCUT2D eigenvalue weighted by atomic mass is 35.5. The van der Waals surface area contributed by atoms with Crippen LogP contribution in [-0.2, 0) is 12.4 Å². The summed E-state index contributed by atoms with van der Waals surface area (Å²) in [5.74, 6) is 0. The van der Waals surface area contributed by atoms with Gasteiger partial charge in [-0.2, -0.15) is 26.3 Å². The molecule has 0 radical (unpaired) electrons. The van der Waals surface area contributed by atoms with E-state index < -0.39 is 23.5 Å². The van der Waals surface area contributed by atoms with Crippen molar-refractivity contribution in [2.45, 2.75) is 12.4 Å². The first kappa shape index (κ1) is 25.9. The van der Waals surface area contributed by atoms with E-state index in [9.17, 15) is 26.3 Å². The molecular weight excluding hydrogens is 521 g/mol. The van der Waals surface area contributed by atoms with Crippen LogP contribution in [0.25, 0.3) is 11.1 Å². The van der Waals surface area contributed by atoms with Gasteiger partial charge in [-0.15, -0.1) is 0 Å². The van der Waals surface area contributed by atoms with Crippen molar-refractivity contribution >= 4 is 34.3 Å². The van der Waals surface area contributed by atoms with E-state index in [2.05, 4.69) is 0 Å². The molecule has 36 heavy (non-hydrogen) atoms. The molecule has 0 saturated carbocycles. The van der Waals surface area contributed by atoms with E-state index in [0.717, 1.165) is 24.3 Å². The van der Waals surface area contributed by atoms with Crippen molar-refractivity contribution < 1.29 is 26.3 Å². The average molecular weight is 537 g/mol. The lowest BCUT2D eigenvalue weighted by Gasteiger charge is -2.19. The van der Waals surface area contributed by atoms with Gasteiger partial charge in [0, 0.05) is 10.0 Å². The third kappa shape index (κ3) is 5.77. The molecule has 0 nitrogen and oxygen atoms in total. The Balaban J connectivity index is 2.04. The van der Waals surface area contributed by atoms with Gasteiger partial charge in [0.25, 0.3) is 0 Å². The number of benzene rings is 4. The molecule has 0 saturated heterocycles. The molecule has 0 aliphatic heterocycles. The summed E-state index contributed by atoms with van der Waals surface area (Å²) in [5, 5.41) is 0.904. The number of halogens is 8. The Morgan fingerprint density at radius 2 is 0.611 bits per heavy atom. The highest BCUT2D eigenvalue weighted by Crippen LogP contribution is 2.40. The van der Waals surface area contributed by atoms with Crippen LogP contribution < -0.4 is 0 Å². The summed E-state index contributed by atoms with van der Waals surface area (Å²) in [6.45, 7) is 0. The highest BCUT2D eigenvalue weighted by Gasteiger charge is 2.31. The molecule has 0 fully saturated rings. The summed E-state index contributed by atoms with van der Waals surface area (Å²) in [6, 6.07) is 22.6. The predicted octanol–water partition coefficient (Wildman–Crippen LogP) is 10.0. The minimum absolute atomic E-state index is 0.440. The summed E-state index contributed by atoms with van der Waals surface area (Å²) in [6.07, 6.45) is -9.04. The maximum absolute atomic E-state index is 13.2. The quantitative estimate of drug-likeness (QED) is 0.180. The Labute approximate surface area is 213 Å². The van der Waals surface area contributed by atoms with Gasteiger partial charge in [0.2, 0.25) is 0 Å². The molecule has 0 heterocycles. The van der Waals surface area contributed by atoms with E-state index in [0.29, 0.717) is 43.4 Å². The number of hydrogen-bond donors (Lipinski definition) is 0. The first-order chi connectivity index (χ1) is 16.9. The van der Waals surface area contributed by atoms with Crippen molar-refractivity contribution in [2.75, 3.05) is 0 Å². The van der Waals surface area contributed by atoms with Gasteiger partial charge in [0.05, 0.1) is 11.1 Å². The Morgan fingerprint density at radius 3 is 0.833 bits per heavy atom. The predicted molar refractivity (Wildman–Crippen MR) is 131 cm³/mol. The van der Waals surface area contributed by atoms with Crippen molar-refractivity contribution in [1.29, 1.82) is 0 Å². The second-order valence-corrected chi connectivity index (χ2v) is 8.79. The zero-order chi connectivity index (χ0) is 26.1. The van der Waals surface area contributed by atoms with E-state index in [-0.39, 0.29) is 0 Å². The standard InChI is InChI=1S/C28H16Cl2F6/c29-23-13-5-19(6-14-23)25(17-1-9-21(10-2-17)27(31,32)33)26(20-7-15-24(30)16-8-20)18-3-11-22(12-4-18)28(34,35)36/h1-16H/b26-25-. The Kier molecular flexibility index (Phi) is 7.21. The Bertz CT molecular complexity index is 1260. The number of alkyl halides is 6. The van der Waals surface area contributed by atoms with E-state index in [1.165, 1.54) is 24.3 Å². The normalized spacial score (nSPS) is 12.9. The van der Waals surface area contributed by atoms with E-state index >= 15 is 0 Å². The molecule has 0 aromatic heterocycles. The van der Waals surface area contributed by atoms with Crippen molar-refractivity contribution in [2.24, 2.45) is 0 Å². The second-order valence-electron chi connectivity index (χ2n) is 7.91. The van der Waals surface area contributed by atoms with Gasteiger partial charge in [-0.1, -0.05) is 71.7 Å². The first-order valence-corrected chi connectivity index (χ1v) is 11.3. The van der Waals surface area contributed by atoms with Crippen LogP contribution in [0.2, 0.25) is 10.0 Å². The Hall–Kier alpha value is -3.22. The SMILES string of the molecule is FC(F)(F)c1ccc(/C(=C(/c2ccc(Cl)cc2)c2ccc(C(F)(F)F)cc2)c2ccc(Cl)cc2)cc1. The number of rotatable bonds is 4. The lowest BCUT2D eigenvalue weighted by atomic mass is 9.85. The monoisotopic (exact) mass is 536 g/mol. The maximum atomic E-state index is 13.2. The van der Waals surface area contributed by atoms with Crippen LogP contribution in [0, 0.1) is 0 Å². The highest BCUT2D eigenvalue weighted by molar-refractivity contribution is 6.31. The lowest BCUT2D eigenvalue weighted by Crippen LogP contribution is -2.06. The summed E-state index contributed by atoms with van der Waals surface area (Å²) in [5.41, 5.74) is 1.51. The molecule has 8 heteroatoms. The van der Waals surface area contributed by atoms with Crippen LogP contribution >= 0.6 is 23.2 Å². The zero-order valence-corrected chi connectivity index (χ0v) is 19.8. The van der Waals surface area contributed by atoms with Gasteiger partial charge >= 0.3 is 12.4 Å².